The molecule has 23 heavy (non-hydrogen) atoms. The van der Waals surface area contributed by atoms with Crippen molar-refractivity contribution in [3.8, 4) is 0 Å². The highest BCUT2D eigenvalue weighted by Gasteiger charge is 2.22. The molecule has 0 aromatic heterocycles. The minimum atomic E-state index is -0.442. The van der Waals surface area contributed by atoms with Crippen molar-refractivity contribution in [3.63, 3.8) is 0 Å². The number of hydrogen-bond acceptors (Lipinski definition) is 5. The van der Waals surface area contributed by atoms with Gasteiger partial charge in [-0.1, -0.05) is 6.92 Å². The standard InChI is InChI=1S/C17H25N3O3/c1-12-5-4-8-19(11-12)13(2)10-18-16-7-6-15(14(3)21)9-17(16)20(22)23/h6-7,9,12-13,18H,4-5,8,10-11H2,1-3H3. The van der Waals surface area contributed by atoms with Crippen LogP contribution in [0.5, 0.6) is 0 Å². The number of nitrogens with zero attached hydrogens (tertiary/aromatic N) is 2. The van der Waals surface area contributed by atoms with Gasteiger partial charge in [0.05, 0.1) is 4.92 Å². The molecule has 2 rings (SSSR count). The van der Waals surface area contributed by atoms with E-state index in [1.54, 1.807) is 12.1 Å². The highest BCUT2D eigenvalue weighted by molar-refractivity contribution is 5.95. The number of anilines is 1. The molecule has 0 aliphatic carbocycles. The van der Waals surface area contributed by atoms with E-state index in [1.807, 2.05) is 0 Å². The number of benzene rings is 1. The van der Waals surface area contributed by atoms with E-state index in [9.17, 15) is 14.9 Å². The molecule has 6 nitrogen and oxygen atoms in total. The number of piperidine rings is 1. The molecule has 1 N–H and O–H groups in total. The van der Waals surface area contributed by atoms with Crippen LogP contribution in [0.3, 0.4) is 0 Å². The molecule has 1 aromatic rings. The van der Waals surface area contributed by atoms with E-state index < -0.39 is 4.92 Å². The van der Waals surface area contributed by atoms with E-state index in [0.717, 1.165) is 13.1 Å². The van der Waals surface area contributed by atoms with E-state index in [1.165, 1.54) is 25.8 Å². The lowest BCUT2D eigenvalue weighted by Crippen LogP contribution is -2.43. The molecule has 1 heterocycles. The first-order valence-corrected chi connectivity index (χ1v) is 8.15. The summed E-state index contributed by atoms with van der Waals surface area (Å²) in [5.74, 6) is 0.533. The van der Waals surface area contributed by atoms with E-state index in [-0.39, 0.29) is 11.5 Å². The lowest BCUT2D eigenvalue weighted by Gasteiger charge is -2.35. The quantitative estimate of drug-likeness (QED) is 0.494. The predicted octanol–water partition coefficient (Wildman–Crippen LogP) is 3.33. The Balaban J connectivity index is 2.04. The summed E-state index contributed by atoms with van der Waals surface area (Å²) in [6, 6.07) is 4.91. The SMILES string of the molecule is CC(=O)c1ccc(NCC(C)N2CCCC(C)C2)c([N+](=O)[O-])c1. The number of rotatable bonds is 6. The molecule has 0 radical (unpaired) electrons. The molecule has 1 fully saturated rings. The number of Topliss-reactive ketones (excluding diaryl/α,β-unsaturated/α-hetero) is 1. The number of carbonyl (C=O) groups is 1. The summed E-state index contributed by atoms with van der Waals surface area (Å²) in [7, 11) is 0. The fourth-order valence-electron chi connectivity index (χ4n) is 3.06. The molecule has 2 unspecified atom stereocenters. The highest BCUT2D eigenvalue weighted by Crippen LogP contribution is 2.26. The smallest absolute Gasteiger partial charge is 0.293 e. The van der Waals surface area contributed by atoms with Gasteiger partial charge in [-0.15, -0.1) is 0 Å². The molecular weight excluding hydrogens is 294 g/mol. The van der Waals surface area contributed by atoms with E-state index in [0.29, 0.717) is 29.8 Å². The van der Waals surface area contributed by atoms with Crippen molar-refractivity contribution in [2.75, 3.05) is 25.0 Å². The molecule has 0 spiro atoms. The molecule has 6 heteroatoms. The van der Waals surface area contributed by atoms with Crippen molar-refractivity contribution in [1.82, 2.24) is 4.90 Å². The lowest BCUT2D eigenvalue weighted by atomic mass is 9.99. The second kappa shape index (κ2) is 7.55. The van der Waals surface area contributed by atoms with Crippen LogP contribution in [0.25, 0.3) is 0 Å². The highest BCUT2D eigenvalue weighted by atomic mass is 16.6. The first-order valence-electron chi connectivity index (χ1n) is 8.15. The third kappa shape index (κ3) is 4.51. The average Bonchev–Trinajstić information content (AvgIpc) is 2.52. The molecule has 126 valence electrons. The van der Waals surface area contributed by atoms with Crippen molar-refractivity contribution in [2.45, 2.75) is 39.7 Å². The van der Waals surface area contributed by atoms with Crippen LogP contribution < -0.4 is 5.32 Å². The maximum atomic E-state index is 11.4. The van der Waals surface area contributed by atoms with Crippen molar-refractivity contribution in [2.24, 2.45) is 5.92 Å². The third-order valence-corrected chi connectivity index (χ3v) is 4.50. The Kier molecular flexibility index (Phi) is 5.71. The normalized spacial score (nSPS) is 20.0. The molecule has 1 aromatic carbocycles. The molecule has 0 bridgehead atoms. The summed E-state index contributed by atoms with van der Waals surface area (Å²) < 4.78 is 0. The fraction of sp³-hybridized carbons (Fsp3) is 0.588. The predicted molar refractivity (Wildman–Crippen MR) is 91.0 cm³/mol. The first-order chi connectivity index (χ1) is 10.9. The average molecular weight is 319 g/mol. The van der Waals surface area contributed by atoms with E-state index in [2.05, 4.69) is 24.1 Å². The van der Waals surface area contributed by atoms with Crippen LogP contribution in [0.1, 0.15) is 44.0 Å². The Morgan fingerprint density at radius 1 is 1.52 bits per heavy atom. The van der Waals surface area contributed by atoms with E-state index >= 15 is 0 Å². The number of ketones is 1. The van der Waals surface area contributed by atoms with Gasteiger partial charge in [-0.05, 0) is 51.3 Å². The molecule has 1 saturated heterocycles. The van der Waals surface area contributed by atoms with Crippen LogP contribution in [0.4, 0.5) is 11.4 Å². The summed E-state index contributed by atoms with van der Waals surface area (Å²) in [5, 5.41) is 14.4. The maximum Gasteiger partial charge on any atom is 0.293 e. The molecule has 0 amide bonds. The minimum absolute atomic E-state index is 0.0445. The zero-order valence-corrected chi connectivity index (χ0v) is 14.0. The Morgan fingerprint density at radius 2 is 2.26 bits per heavy atom. The summed E-state index contributed by atoms with van der Waals surface area (Å²) in [6.07, 6.45) is 2.48. The van der Waals surface area contributed by atoms with Gasteiger partial charge in [0.1, 0.15) is 5.69 Å². The van der Waals surface area contributed by atoms with Crippen molar-refractivity contribution in [1.29, 1.82) is 0 Å². The van der Waals surface area contributed by atoms with Gasteiger partial charge in [0.2, 0.25) is 0 Å². The number of nitro groups is 1. The number of carbonyl (C=O) groups excluding carboxylic acids is 1. The molecule has 1 aliphatic heterocycles. The first kappa shape index (κ1) is 17.4. The summed E-state index contributed by atoms with van der Waals surface area (Å²) >= 11 is 0. The molecule has 2 atom stereocenters. The number of hydrogen-bond donors (Lipinski definition) is 1. The van der Waals surface area contributed by atoms with Crippen LogP contribution in [0, 0.1) is 16.0 Å². The number of likely N-dealkylation sites (tertiary alicyclic amines) is 1. The summed E-state index contributed by atoms with van der Waals surface area (Å²) in [4.78, 5) is 24.6. The van der Waals surface area contributed by atoms with Gasteiger partial charge < -0.3 is 5.32 Å². The monoisotopic (exact) mass is 319 g/mol. The topological polar surface area (TPSA) is 75.5 Å². The lowest BCUT2D eigenvalue weighted by molar-refractivity contribution is -0.384. The zero-order valence-electron chi connectivity index (χ0n) is 14.0. The second-order valence-electron chi connectivity index (χ2n) is 6.52. The van der Waals surface area contributed by atoms with Gasteiger partial charge in [0.25, 0.3) is 5.69 Å². The Morgan fingerprint density at radius 3 is 2.87 bits per heavy atom. The van der Waals surface area contributed by atoms with Crippen LogP contribution in [0.15, 0.2) is 18.2 Å². The van der Waals surface area contributed by atoms with Gasteiger partial charge in [-0.25, -0.2) is 0 Å². The van der Waals surface area contributed by atoms with Gasteiger partial charge in [0.15, 0.2) is 5.78 Å². The summed E-state index contributed by atoms with van der Waals surface area (Å²) in [6.45, 7) is 8.62. The van der Waals surface area contributed by atoms with Gasteiger partial charge in [-0.2, -0.15) is 0 Å². The van der Waals surface area contributed by atoms with E-state index in [4.69, 9.17) is 0 Å². The minimum Gasteiger partial charge on any atom is -0.378 e. The molecule has 0 saturated carbocycles. The van der Waals surface area contributed by atoms with Gasteiger partial charge in [0, 0.05) is 30.8 Å². The summed E-state index contributed by atoms with van der Waals surface area (Å²) in [5.41, 5.74) is 0.786. The van der Waals surface area contributed by atoms with Crippen LogP contribution in [-0.2, 0) is 0 Å². The third-order valence-electron chi connectivity index (χ3n) is 4.50. The van der Waals surface area contributed by atoms with Crippen LogP contribution >= 0.6 is 0 Å². The van der Waals surface area contributed by atoms with Crippen LogP contribution in [-0.4, -0.2) is 41.3 Å². The van der Waals surface area contributed by atoms with Crippen LogP contribution in [0.2, 0.25) is 0 Å². The molecule has 1 aliphatic rings. The Hall–Kier alpha value is -1.95. The van der Waals surface area contributed by atoms with Crippen molar-refractivity contribution in [3.05, 3.63) is 33.9 Å². The largest absolute Gasteiger partial charge is 0.378 e. The molecular formula is C17H25N3O3. The maximum absolute atomic E-state index is 11.4. The van der Waals surface area contributed by atoms with Crippen molar-refractivity contribution < 1.29 is 9.72 Å². The van der Waals surface area contributed by atoms with Gasteiger partial charge in [-0.3, -0.25) is 19.8 Å². The fourth-order valence-corrected chi connectivity index (χ4v) is 3.06. The van der Waals surface area contributed by atoms with Gasteiger partial charge >= 0.3 is 0 Å². The Labute approximate surface area is 137 Å². The number of nitro benzene ring substituents is 1. The number of nitrogens with one attached hydrogen (secondary N) is 1. The Bertz CT molecular complexity index is 588. The zero-order chi connectivity index (χ0) is 17.0. The second-order valence-corrected chi connectivity index (χ2v) is 6.52. The van der Waals surface area contributed by atoms with Crippen molar-refractivity contribution >= 4 is 17.2 Å².